The van der Waals surface area contributed by atoms with Gasteiger partial charge in [0, 0.05) is 23.5 Å². The number of nitrogens with zero attached hydrogens (tertiary/aromatic N) is 2. The first kappa shape index (κ1) is 12.9. The molecule has 0 atom stereocenters. The van der Waals surface area contributed by atoms with Gasteiger partial charge in [0.1, 0.15) is 10.9 Å². The maximum atomic E-state index is 9.20. The molecule has 0 unspecified atom stereocenters. The minimum atomic E-state index is 0.492. The Morgan fingerprint density at radius 3 is 2.65 bits per heavy atom. The summed E-state index contributed by atoms with van der Waals surface area (Å²) in [4.78, 5) is 5.42. The van der Waals surface area contributed by atoms with Gasteiger partial charge < -0.3 is 10.2 Å². The van der Waals surface area contributed by atoms with Gasteiger partial charge in [-0.1, -0.05) is 0 Å². The molecule has 0 amide bonds. The van der Waals surface area contributed by atoms with Gasteiger partial charge in [0.25, 0.3) is 0 Å². The largest absolute Gasteiger partial charge is 0.457 e. The lowest BCUT2D eigenvalue weighted by Crippen LogP contribution is -1.89. The number of rotatable bonds is 2. The quantitative estimate of drug-likeness (QED) is 0.751. The summed E-state index contributed by atoms with van der Waals surface area (Å²) in [5, 5.41) is 9.20. The smallest absolute Gasteiger partial charge is 0.177 e. The molecule has 0 spiro atoms. The molecule has 98 valence electrons. The van der Waals surface area contributed by atoms with E-state index >= 15 is 0 Å². The van der Waals surface area contributed by atoms with Crippen molar-refractivity contribution in [3.63, 3.8) is 0 Å². The van der Waals surface area contributed by atoms with Crippen LogP contribution in [0, 0.1) is 11.3 Å². The van der Waals surface area contributed by atoms with Crippen molar-refractivity contribution in [1.29, 1.82) is 5.26 Å². The SMILES string of the molecule is N#Cc1sc(-c2ccoc2Br)c(-c2ccncc2)c1N. The fourth-order valence-corrected chi connectivity index (χ4v) is 3.61. The molecule has 0 radical (unpaired) electrons. The van der Waals surface area contributed by atoms with Crippen LogP contribution >= 0.6 is 27.3 Å². The van der Waals surface area contributed by atoms with Crippen LogP contribution in [0.4, 0.5) is 5.69 Å². The highest BCUT2D eigenvalue weighted by molar-refractivity contribution is 9.10. The number of hydrogen-bond donors (Lipinski definition) is 1. The molecule has 3 rings (SSSR count). The first-order chi connectivity index (χ1) is 9.72. The van der Waals surface area contributed by atoms with E-state index in [9.17, 15) is 5.26 Å². The molecule has 0 saturated heterocycles. The molecule has 0 saturated carbocycles. The van der Waals surface area contributed by atoms with Gasteiger partial charge in [-0.05, 0) is 39.7 Å². The molecular formula is C14H8BrN3OS. The number of nitrogens with two attached hydrogens (primary N) is 1. The summed E-state index contributed by atoms with van der Waals surface area (Å²) in [6.45, 7) is 0. The molecular weight excluding hydrogens is 338 g/mol. The fraction of sp³-hybridized carbons (Fsp3) is 0. The van der Waals surface area contributed by atoms with Crippen LogP contribution in [-0.2, 0) is 0 Å². The molecule has 3 heterocycles. The van der Waals surface area contributed by atoms with Gasteiger partial charge in [-0.3, -0.25) is 4.98 Å². The van der Waals surface area contributed by atoms with Crippen molar-refractivity contribution in [1.82, 2.24) is 4.98 Å². The van der Waals surface area contributed by atoms with Crippen molar-refractivity contribution in [2.45, 2.75) is 0 Å². The number of nitrogen functional groups attached to an aromatic ring is 1. The lowest BCUT2D eigenvalue weighted by atomic mass is 10.0. The van der Waals surface area contributed by atoms with Crippen molar-refractivity contribution in [2.75, 3.05) is 5.73 Å². The number of halogens is 1. The number of aromatic nitrogens is 1. The van der Waals surface area contributed by atoms with Crippen LogP contribution in [0.25, 0.3) is 21.6 Å². The fourth-order valence-electron chi connectivity index (χ4n) is 1.98. The third-order valence-corrected chi connectivity index (χ3v) is 4.64. The minimum absolute atomic E-state index is 0.492. The first-order valence-corrected chi connectivity index (χ1v) is 7.29. The Morgan fingerprint density at radius 2 is 2.05 bits per heavy atom. The predicted molar refractivity (Wildman–Crippen MR) is 82.1 cm³/mol. The number of pyridine rings is 1. The Kier molecular flexibility index (Phi) is 3.30. The minimum Gasteiger partial charge on any atom is -0.457 e. The van der Waals surface area contributed by atoms with E-state index in [1.165, 1.54) is 11.3 Å². The Bertz CT molecular complexity index is 802. The zero-order chi connectivity index (χ0) is 14.1. The number of furan rings is 1. The molecule has 3 aromatic heterocycles. The lowest BCUT2D eigenvalue weighted by Gasteiger charge is -2.04. The van der Waals surface area contributed by atoms with Crippen molar-refractivity contribution in [3.8, 4) is 27.6 Å². The van der Waals surface area contributed by atoms with E-state index < -0.39 is 0 Å². The second kappa shape index (κ2) is 5.12. The van der Waals surface area contributed by atoms with Gasteiger partial charge in [-0.25, -0.2) is 0 Å². The molecule has 0 fully saturated rings. The lowest BCUT2D eigenvalue weighted by molar-refractivity contribution is 0.542. The van der Waals surface area contributed by atoms with Crippen LogP contribution in [0.1, 0.15) is 4.88 Å². The maximum Gasteiger partial charge on any atom is 0.177 e. The van der Waals surface area contributed by atoms with Crippen LogP contribution in [-0.4, -0.2) is 4.98 Å². The van der Waals surface area contributed by atoms with Crippen molar-refractivity contribution in [2.24, 2.45) is 0 Å². The number of anilines is 1. The summed E-state index contributed by atoms with van der Waals surface area (Å²) in [6, 6.07) is 7.73. The summed E-state index contributed by atoms with van der Waals surface area (Å²) in [5.41, 5.74) is 9.27. The molecule has 0 aromatic carbocycles. The molecule has 0 bridgehead atoms. The van der Waals surface area contributed by atoms with E-state index in [0.717, 1.165) is 21.6 Å². The normalized spacial score (nSPS) is 10.4. The molecule has 6 heteroatoms. The van der Waals surface area contributed by atoms with Crippen molar-refractivity contribution >= 4 is 33.0 Å². The van der Waals surface area contributed by atoms with E-state index in [1.807, 2.05) is 18.2 Å². The second-order valence-corrected chi connectivity index (χ2v) is 5.75. The third-order valence-electron chi connectivity index (χ3n) is 2.88. The molecule has 3 aromatic rings. The summed E-state index contributed by atoms with van der Waals surface area (Å²) >= 11 is 4.73. The van der Waals surface area contributed by atoms with Crippen molar-refractivity contribution in [3.05, 3.63) is 46.4 Å². The average molecular weight is 346 g/mol. The second-order valence-electron chi connectivity index (χ2n) is 4.00. The topological polar surface area (TPSA) is 75.8 Å². The summed E-state index contributed by atoms with van der Waals surface area (Å²) in [6.07, 6.45) is 5.00. The number of thiophene rings is 1. The Balaban J connectivity index is 2.31. The molecule has 20 heavy (non-hydrogen) atoms. The highest BCUT2D eigenvalue weighted by atomic mass is 79.9. The number of nitriles is 1. The standard InChI is InChI=1S/C14H8BrN3OS/c15-14-9(3-6-19-14)13-11(8-1-4-18-5-2-8)12(17)10(7-16)20-13/h1-6H,17H2. The first-order valence-electron chi connectivity index (χ1n) is 5.68. The molecule has 4 nitrogen and oxygen atoms in total. The van der Waals surface area contributed by atoms with E-state index in [1.54, 1.807) is 18.7 Å². The van der Waals surface area contributed by atoms with Crippen LogP contribution in [0.3, 0.4) is 0 Å². The monoisotopic (exact) mass is 345 g/mol. The van der Waals surface area contributed by atoms with Gasteiger partial charge in [-0.2, -0.15) is 5.26 Å². The summed E-state index contributed by atoms with van der Waals surface area (Å²) in [5.74, 6) is 0. The Labute approximate surface area is 127 Å². The maximum absolute atomic E-state index is 9.20. The van der Waals surface area contributed by atoms with E-state index in [2.05, 4.69) is 27.0 Å². The Morgan fingerprint density at radius 1 is 1.30 bits per heavy atom. The van der Waals surface area contributed by atoms with Gasteiger partial charge in [0.15, 0.2) is 4.67 Å². The molecule has 0 aliphatic heterocycles. The average Bonchev–Trinajstić information content (AvgIpc) is 3.03. The zero-order valence-corrected chi connectivity index (χ0v) is 12.5. The summed E-state index contributed by atoms with van der Waals surface area (Å²) < 4.78 is 5.90. The molecule has 0 aliphatic carbocycles. The molecule has 2 N–H and O–H groups in total. The predicted octanol–water partition coefficient (Wildman–Crippen LogP) is 4.29. The Hall–Kier alpha value is -2.10. The highest BCUT2D eigenvalue weighted by Crippen LogP contribution is 2.46. The zero-order valence-electron chi connectivity index (χ0n) is 10.1. The van der Waals surface area contributed by atoms with Crippen molar-refractivity contribution < 1.29 is 4.42 Å². The number of hydrogen-bond acceptors (Lipinski definition) is 5. The van der Waals surface area contributed by atoms with Gasteiger partial charge in [-0.15, -0.1) is 11.3 Å². The van der Waals surface area contributed by atoms with E-state index in [0.29, 0.717) is 15.2 Å². The van der Waals surface area contributed by atoms with Crippen LogP contribution in [0.2, 0.25) is 0 Å². The summed E-state index contributed by atoms with van der Waals surface area (Å²) in [7, 11) is 0. The van der Waals surface area contributed by atoms with Gasteiger partial charge in [0.2, 0.25) is 0 Å². The van der Waals surface area contributed by atoms with Crippen LogP contribution in [0.15, 0.2) is 45.9 Å². The van der Waals surface area contributed by atoms with Gasteiger partial charge >= 0.3 is 0 Å². The van der Waals surface area contributed by atoms with Gasteiger partial charge in [0.05, 0.1) is 16.8 Å². The highest BCUT2D eigenvalue weighted by Gasteiger charge is 2.21. The van der Waals surface area contributed by atoms with Crippen LogP contribution in [0.5, 0.6) is 0 Å². The molecule has 0 aliphatic rings. The van der Waals surface area contributed by atoms with E-state index in [-0.39, 0.29) is 0 Å². The van der Waals surface area contributed by atoms with E-state index in [4.69, 9.17) is 10.2 Å². The third kappa shape index (κ3) is 2.01. The van der Waals surface area contributed by atoms with Crippen LogP contribution < -0.4 is 5.73 Å².